The third-order valence-corrected chi connectivity index (χ3v) is 4.55. The first-order valence-corrected chi connectivity index (χ1v) is 7.38. The molecule has 2 atom stereocenters. The topological polar surface area (TPSA) is 81.1 Å². The fraction of sp³-hybridized carbons (Fsp3) is 0.857. The largest absolute Gasteiger partial charge is 0.481 e. The number of likely N-dealkylation sites (tertiary alicyclic amines) is 2. The van der Waals surface area contributed by atoms with Crippen molar-refractivity contribution in [3.05, 3.63) is 0 Å². The van der Waals surface area contributed by atoms with E-state index in [4.69, 9.17) is 5.11 Å². The lowest BCUT2D eigenvalue weighted by molar-refractivity contribution is -0.145. The van der Waals surface area contributed by atoms with E-state index in [1.807, 2.05) is 0 Å². The van der Waals surface area contributed by atoms with Crippen LogP contribution in [0.5, 0.6) is 0 Å². The molecule has 2 saturated heterocycles. The van der Waals surface area contributed by atoms with Gasteiger partial charge in [0.2, 0.25) is 5.91 Å². The number of rotatable bonds is 4. The third-order valence-electron chi connectivity index (χ3n) is 4.55. The molecule has 0 aromatic carbocycles. The number of amides is 1. The number of hydrogen-bond donors (Lipinski definition) is 2. The van der Waals surface area contributed by atoms with Crippen LogP contribution in [0.1, 0.15) is 26.2 Å². The van der Waals surface area contributed by atoms with Crippen LogP contribution in [0.3, 0.4) is 0 Å². The average molecular weight is 284 g/mol. The standard InChI is InChI=1S/C14H24N2O4/c1-10(17)12-2-5-15(8-12)9-13(18)16-6-3-11(4-7-16)14(19)20/h10-12,17H,2-9H2,1H3,(H,19,20). The normalized spacial score (nSPS) is 26.7. The highest BCUT2D eigenvalue weighted by Gasteiger charge is 2.30. The Balaban J connectivity index is 1.75. The molecule has 0 saturated carbocycles. The summed E-state index contributed by atoms with van der Waals surface area (Å²) in [6.07, 6.45) is 1.72. The van der Waals surface area contributed by atoms with E-state index < -0.39 is 5.97 Å². The van der Waals surface area contributed by atoms with Crippen LogP contribution in [0.15, 0.2) is 0 Å². The Bertz CT molecular complexity index is 364. The summed E-state index contributed by atoms with van der Waals surface area (Å²) in [4.78, 5) is 26.9. The Morgan fingerprint density at radius 2 is 1.85 bits per heavy atom. The zero-order valence-corrected chi connectivity index (χ0v) is 12.0. The molecule has 20 heavy (non-hydrogen) atoms. The van der Waals surface area contributed by atoms with E-state index >= 15 is 0 Å². The number of aliphatic hydroxyl groups is 1. The Hall–Kier alpha value is -1.14. The van der Waals surface area contributed by atoms with E-state index in [-0.39, 0.29) is 23.8 Å². The molecular weight excluding hydrogens is 260 g/mol. The van der Waals surface area contributed by atoms with Gasteiger partial charge >= 0.3 is 5.97 Å². The molecule has 2 N–H and O–H groups in total. The summed E-state index contributed by atoms with van der Waals surface area (Å²) in [6.45, 7) is 4.91. The van der Waals surface area contributed by atoms with Gasteiger partial charge in [0, 0.05) is 19.6 Å². The van der Waals surface area contributed by atoms with Crippen molar-refractivity contribution in [2.75, 3.05) is 32.7 Å². The van der Waals surface area contributed by atoms with Crippen molar-refractivity contribution in [1.82, 2.24) is 9.80 Å². The van der Waals surface area contributed by atoms with E-state index in [1.165, 1.54) is 0 Å². The third kappa shape index (κ3) is 3.70. The van der Waals surface area contributed by atoms with Crippen molar-refractivity contribution in [3.63, 3.8) is 0 Å². The molecule has 2 aliphatic rings. The van der Waals surface area contributed by atoms with E-state index in [0.29, 0.717) is 32.5 Å². The summed E-state index contributed by atoms with van der Waals surface area (Å²) >= 11 is 0. The molecule has 0 aromatic heterocycles. The first-order valence-electron chi connectivity index (χ1n) is 7.38. The van der Waals surface area contributed by atoms with Gasteiger partial charge in [0.15, 0.2) is 0 Å². The number of carbonyl (C=O) groups excluding carboxylic acids is 1. The lowest BCUT2D eigenvalue weighted by atomic mass is 9.97. The Morgan fingerprint density at radius 1 is 1.20 bits per heavy atom. The fourth-order valence-electron chi connectivity index (χ4n) is 3.07. The lowest BCUT2D eigenvalue weighted by Gasteiger charge is -2.31. The molecule has 0 bridgehead atoms. The summed E-state index contributed by atoms with van der Waals surface area (Å²) in [6, 6.07) is 0. The number of nitrogens with zero attached hydrogens (tertiary/aromatic N) is 2. The highest BCUT2D eigenvalue weighted by molar-refractivity contribution is 5.79. The molecule has 0 aliphatic carbocycles. The number of aliphatic hydroxyl groups excluding tert-OH is 1. The highest BCUT2D eigenvalue weighted by atomic mass is 16.4. The molecule has 0 spiro atoms. The van der Waals surface area contributed by atoms with Crippen LogP contribution in [0.25, 0.3) is 0 Å². The zero-order chi connectivity index (χ0) is 14.7. The van der Waals surface area contributed by atoms with Crippen LogP contribution in [0.2, 0.25) is 0 Å². The SMILES string of the molecule is CC(O)C1CCN(CC(=O)N2CCC(C(=O)O)CC2)C1. The molecule has 0 radical (unpaired) electrons. The Labute approximate surface area is 119 Å². The van der Waals surface area contributed by atoms with E-state index in [2.05, 4.69) is 4.90 Å². The second-order valence-corrected chi connectivity index (χ2v) is 6.02. The van der Waals surface area contributed by atoms with Gasteiger partial charge in [0.1, 0.15) is 0 Å². The number of aliphatic carboxylic acids is 1. The van der Waals surface area contributed by atoms with Crippen molar-refractivity contribution in [2.24, 2.45) is 11.8 Å². The van der Waals surface area contributed by atoms with Crippen LogP contribution in [0, 0.1) is 11.8 Å². The second-order valence-electron chi connectivity index (χ2n) is 6.02. The number of carboxylic acids is 1. The summed E-state index contributed by atoms with van der Waals surface area (Å²) in [5, 5.41) is 18.5. The molecule has 2 fully saturated rings. The molecule has 6 heteroatoms. The first-order chi connectivity index (χ1) is 9.47. The molecule has 2 rings (SSSR count). The van der Waals surface area contributed by atoms with Crippen molar-refractivity contribution in [1.29, 1.82) is 0 Å². The van der Waals surface area contributed by atoms with Crippen molar-refractivity contribution < 1.29 is 19.8 Å². The van der Waals surface area contributed by atoms with Crippen molar-refractivity contribution >= 4 is 11.9 Å². The first kappa shape index (κ1) is 15.3. The Morgan fingerprint density at radius 3 is 2.35 bits per heavy atom. The van der Waals surface area contributed by atoms with Crippen LogP contribution in [0.4, 0.5) is 0 Å². The number of carbonyl (C=O) groups is 2. The van der Waals surface area contributed by atoms with Crippen LogP contribution in [-0.2, 0) is 9.59 Å². The summed E-state index contributed by atoms with van der Waals surface area (Å²) < 4.78 is 0. The van der Waals surface area contributed by atoms with Gasteiger partial charge in [-0.25, -0.2) is 0 Å². The number of piperidine rings is 1. The monoisotopic (exact) mass is 284 g/mol. The van der Waals surface area contributed by atoms with Gasteiger partial charge in [-0.2, -0.15) is 0 Å². The maximum absolute atomic E-state index is 12.2. The maximum atomic E-state index is 12.2. The molecule has 2 unspecified atom stereocenters. The van der Waals surface area contributed by atoms with Crippen LogP contribution in [-0.4, -0.2) is 70.7 Å². The summed E-state index contributed by atoms with van der Waals surface area (Å²) in [5.41, 5.74) is 0. The van der Waals surface area contributed by atoms with Gasteiger partial charge in [-0.15, -0.1) is 0 Å². The van der Waals surface area contributed by atoms with E-state index in [1.54, 1.807) is 11.8 Å². The molecule has 2 aliphatic heterocycles. The number of hydrogen-bond acceptors (Lipinski definition) is 4. The minimum absolute atomic E-state index is 0.0834. The van der Waals surface area contributed by atoms with Gasteiger partial charge in [-0.05, 0) is 38.6 Å². The molecule has 1 amide bonds. The molecule has 0 aromatic rings. The lowest BCUT2D eigenvalue weighted by Crippen LogP contribution is -2.44. The highest BCUT2D eigenvalue weighted by Crippen LogP contribution is 2.21. The molecule has 6 nitrogen and oxygen atoms in total. The van der Waals surface area contributed by atoms with Gasteiger partial charge in [-0.3, -0.25) is 14.5 Å². The average Bonchev–Trinajstić information content (AvgIpc) is 2.87. The van der Waals surface area contributed by atoms with Crippen molar-refractivity contribution in [2.45, 2.75) is 32.3 Å². The minimum atomic E-state index is -0.753. The maximum Gasteiger partial charge on any atom is 0.306 e. The predicted octanol–water partition coefficient (Wildman–Crippen LogP) is 0.0123. The Kier molecular flexibility index (Phi) is 4.99. The quantitative estimate of drug-likeness (QED) is 0.760. The predicted molar refractivity (Wildman–Crippen MR) is 73.2 cm³/mol. The fourth-order valence-corrected chi connectivity index (χ4v) is 3.07. The van der Waals surface area contributed by atoms with Crippen LogP contribution < -0.4 is 0 Å². The smallest absolute Gasteiger partial charge is 0.306 e. The second kappa shape index (κ2) is 6.54. The molecule has 114 valence electrons. The minimum Gasteiger partial charge on any atom is -0.481 e. The number of carboxylic acid groups (broad SMARTS) is 1. The molecular formula is C14H24N2O4. The van der Waals surface area contributed by atoms with Gasteiger partial charge in [0.25, 0.3) is 0 Å². The van der Waals surface area contributed by atoms with E-state index in [9.17, 15) is 14.7 Å². The van der Waals surface area contributed by atoms with Gasteiger partial charge in [-0.1, -0.05) is 0 Å². The summed E-state index contributed by atoms with van der Waals surface area (Å²) in [5.74, 6) is -0.706. The summed E-state index contributed by atoms with van der Waals surface area (Å²) in [7, 11) is 0. The van der Waals surface area contributed by atoms with Gasteiger partial charge in [0.05, 0.1) is 18.6 Å². The van der Waals surface area contributed by atoms with Gasteiger partial charge < -0.3 is 15.1 Å². The van der Waals surface area contributed by atoms with Crippen LogP contribution >= 0.6 is 0 Å². The zero-order valence-electron chi connectivity index (χ0n) is 12.0. The molecule has 2 heterocycles. The van der Waals surface area contributed by atoms with Crippen molar-refractivity contribution in [3.8, 4) is 0 Å². The van der Waals surface area contributed by atoms with E-state index in [0.717, 1.165) is 19.5 Å².